The molecule has 2 aliphatic carbocycles. The second-order valence-corrected chi connectivity index (χ2v) is 7.91. The van der Waals surface area contributed by atoms with Gasteiger partial charge in [-0.2, -0.15) is 0 Å². The van der Waals surface area contributed by atoms with Gasteiger partial charge < -0.3 is 0 Å². The summed E-state index contributed by atoms with van der Waals surface area (Å²) in [5.74, 6) is 2.72. The van der Waals surface area contributed by atoms with Crippen molar-refractivity contribution in [1.82, 2.24) is 0 Å². The first-order valence-electron chi connectivity index (χ1n) is 8.90. The lowest BCUT2D eigenvalue weighted by Gasteiger charge is -2.33. The molecule has 3 rings (SSSR count). The Labute approximate surface area is 143 Å². The normalized spacial score (nSPS) is 28.5. The van der Waals surface area contributed by atoms with Crippen LogP contribution in [0.15, 0.2) is 47.0 Å². The molecule has 1 atom stereocenters. The van der Waals surface area contributed by atoms with E-state index >= 15 is 0 Å². The number of hydrogen-bond donors (Lipinski definition) is 0. The van der Waals surface area contributed by atoms with E-state index in [1.807, 2.05) is 0 Å². The number of rotatable bonds is 4. The summed E-state index contributed by atoms with van der Waals surface area (Å²) in [7, 11) is 0. The van der Waals surface area contributed by atoms with Crippen LogP contribution < -0.4 is 0 Å². The van der Waals surface area contributed by atoms with Crippen molar-refractivity contribution < 1.29 is 0 Å². The zero-order valence-electron chi connectivity index (χ0n) is 13.6. The average molecular weight is 359 g/mol. The first-order chi connectivity index (χ1) is 10.8. The molecule has 1 aromatic rings. The van der Waals surface area contributed by atoms with Gasteiger partial charge in [-0.1, -0.05) is 78.9 Å². The van der Waals surface area contributed by atoms with E-state index in [1.165, 1.54) is 56.1 Å². The number of allylic oxidation sites excluding steroid dienone is 4. The number of benzene rings is 1. The molecule has 0 N–H and O–H groups in total. The van der Waals surface area contributed by atoms with E-state index < -0.39 is 0 Å². The van der Waals surface area contributed by atoms with Gasteiger partial charge in [-0.3, -0.25) is 0 Å². The Bertz CT molecular complexity index is 530. The van der Waals surface area contributed by atoms with Gasteiger partial charge in [0.05, 0.1) is 0 Å². The van der Waals surface area contributed by atoms with Crippen molar-refractivity contribution in [2.75, 3.05) is 0 Å². The first-order valence-corrected chi connectivity index (χ1v) is 9.70. The second kappa shape index (κ2) is 7.64. The van der Waals surface area contributed by atoms with Crippen LogP contribution in [0.3, 0.4) is 0 Å². The van der Waals surface area contributed by atoms with Crippen LogP contribution in [0.2, 0.25) is 0 Å². The smallest absolute Gasteiger partial charge is 0.0175 e. The number of hydrogen-bond acceptors (Lipinski definition) is 0. The topological polar surface area (TPSA) is 0 Å². The van der Waals surface area contributed by atoms with Crippen LogP contribution in [0.5, 0.6) is 0 Å². The van der Waals surface area contributed by atoms with Crippen LogP contribution in [0.4, 0.5) is 0 Å². The van der Waals surface area contributed by atoms with Crippen molar-refractivity contribution in [1.29, 1.82) is 0 Å². The molecule has 1 aromatic carbocycles. The molecule has 0 bridgehead atoms. The summed E-state index contributed by atoms with van der Waals surface area (Å²) >= 11 is 3.51. The van der Waals surface area contributed by atoms with E-state index in [2.05, 4.69) is 65.3 Å². The second-order valence-electron chi connectivity index (χ2n) is 6.99. The monoisotopic (exact) mass is 358 g/mol. The highest BCUT2D eigenvalue weighted by atomic mass is 79.9. The van der Waals surface area contributed by atoms with Crippen LogP contribution in [0.1, 0.15) is 57.4 Å². The summed E-state index contributed by atoms with van der Waals surface area (Å²) < 4.78 is 1.15. The Kier molecular flexibility index (Phi) is 5.57. The Hall–Kier alpha value is -0.820. The summed E-state index contributed by atoms with van der Waals surface area (Å²) in [4.78, 5) is 0. The molecule has 1 saturated carbocycles. The molecule has 0 aromatic heterocycles. The molecule has 1 unspecified atom stereocenters. The quantitative estimate of drug-likeness (QED) is 0.542. The maximum Gasteiger partial charge on any atom is 0.0175 e. The lowest BCUT2D eigenvalue weighted by molar-refractivity contribution is 0.221. The lowest BCUT2D eigenvalue weighted by Crippen LogP contribution is -2.21. The zero-order valence-corrected chi connectivity index (χ0v) is 15.2. The van der Waals surface area contributed by atoms with Crippen molar-refractivity contribution >= 4 is 21.5 Å². The van der Waals surface area contributed by atoms with Crippen LogP contribution in [-0.2, 0) is 0 Å². The maximum absolute atomic E-state index is 3.51. The SMILES string of the molecule is CCC[C@H]1CC[C@H](C2C=CC(c3ccc(Br)cc3)=CC2)CC1. The summed E-state index contributed by atoms with van der Waals surface area (Å²) in [6, 6.07) is 8.67. The molecule has 0 radical (unpaired) electrons. The predicted molar refractivity (Wildman–Crippen MR) is 99.7 cm³/mol. The molecule has 22 heavy (non-hydrogen) atoms. The Morgan fingerprint density at radius 1 is 1.05 bits per heavy atom. The molecule has 0 aliphatic heterocycles. The molecular formula is C21H27Br. The average Bonchev–Trinajstić information content (AvgIpc) is 2.57. The zero-order chi connectivity index (χ0) is 15.4. The van der Waals surface area contributed by atoms with Crippen LogP contribution >= 0.6 is 15.9 Å². The highest BCUT2D eigenvalue weighted by Crippen LogP contribution is 2.39. The standard InChI is InChI=1S/C21H27Br/c1-2-3-16-4-6-17(7-5-16)18-8-10-19(11-9-18)20-12-14-21(22)15-13-20/h8,10-18H,2-7,9H2,1H3/t16-,17-,18?. The molecular weight excluding hydrogens is 332 g/mol. The minimum atomic E-state index is 0.779. The van der Waals surface area contributed by atoms with E-state index in [4.69, 9.17) is 0 Å². The highest BCUT2D eigenvalue weighted by molar-refractivity contribution is 9.10. The van der Waals surface area contributed by atoms with Gasteiger partial charge >= 0.3 is 0 Å². The van der Waals surface area contributed by atoms with Gasteiger partial charge in [-0.05, 0) is 60.3 Å². The van der Waals surface area contributed by atoms with E-state index in [0.29, 0.717) is 0 Å². The van der Waals surface area contributed by atoms with E-state index in [-0.39, 0.29) is 0 Å². The Morgan fingerprint density at radius 2 is 1.77 bits per heavy atom. The number of halogens is 1. The lowest BCUT2D eigenvalue weighted by atomic mass is 9.72. The fourth-order valence-electron chi connectivity index (χ4n) is 4.16. The molecule has 0 amide bonds. The molecule has 0 spiro atoms. The molecule has 0 saturated heterocycles. The van der Waals surface area contributed by atoms with Gasteiger partial charge in [-0.15, -0.1) is 0 Å². The summed E-state index contributed by atoms with van der Waals surface area (Å²) in [5.41, 5.74) is 2.73. The highest BCUT2D eigenvalue weighted by Gasteiger charge is 2.26. The molecule has 2 aliphatic rings. The third-order valence-corrected chi connectivity index (χ3v) is 6.03. The van der Waals surface area contributed by atoms with Gasteiger partial charge in [0.2, 0.25) is 0 Å². The van der Waals surface area contributed by atoms with Gasteiger partial charge in [0, 0.05) is 4.47 Å². The van der Waals surface area contributed by atoms with Gasteiger partial charge in [0.15, 0.2) is 0 Å². The van der Waals surface area contributed by atoms with Gasteiger partial charge in [-0.25, -0.2) is 0 Å². The van der Waals surface area contributed by atoms with Crippen LogP contribution in [-0.4, -0.2) is 0 Å². The van der Waals surface area contributed by atoms with E-state index in [9.17, 15) is 0 Å². The van der Waals surface area contributed by atoms with Crippen molar-refractivity contribution in [2.45, 2.75) is 51.9 Å². The molecule has 0 nitrogen and oxygen atoms in total. The predicted octanol–water partition coefficient (Wildman–Crippen LogP) is 7.02. The molecule has 0 heterocycles. The van der Waals surface area contributed by atoms with Crippen molar-refractivity contribution in [3.05, 3.63) is 52.5 Å². The third-order valence-electron chi connectivity index (χ3n) is 5.50. The van der Waals surface area contributed by atoms with Crippen LogP contribution in [0, 0.1) is 17.8 Å². The molecule has 1 heteroatoms. The minimum Gasteiger partial charge on any atom is -0.0802 e. The van der Waals surface area contributed by atoms with Crippen molar-refractivity contribution in [3.63, 3.8) is 0 Å². The Morgan fingerprint density at radius 3 is 2.36 bits per heavy atom. The molecule has 118 valence electrons. The third kappa shape index (κ3) is 3.93. The Balaban J connectivity index is 1.56. The summed E-state index contributed by atoms with van der Waals surface area (Å²) in [6.07, 6.45) is 17.1. The molecule has 1 fully saturated rings. The fraction of sp³-hybridized carbons (Fsp3) is 0.524. The summed E-state index contributed by atoms with van der Waals surface area (Å²) in [6.45, 7) is 2.32. The van der Waals surface area contributed by atoms with E-state index in [1.54, 1.807) is 0 Å². The van der Waals surface area contributed by atoms with Gasteiger partial charge in [0.1, 0.15) is 0 Å². The van der Waals surface area contributed by atoms with Crippen LogP contribution in [0.25, 0.3) is 5.57 Å². The first kappa shape index (κ1) is 16.1. The maximum atomic E-state index is 3.51. The minimum absolute atomic E-state index is 0.779. The van der Waals surface area contributed by atoms with E-state index in [0.717, 1.165) is 22.2 Å². The van der Waals surface area contributed by atoms with Gasteiger partial charge in [0.25, 0.3) is 0 Å². The summed E-state index contributed by atoms with van der Waals surface area (Å²) in [5, 5.41) is 0. The largest absolute Gasteiger partial charge is 0.0802 e. The van der Waals surface area contributed by atoms with Crippen molar-refractivity contribution in [2.24, 2.45) is 17.8 Å². The van der Waals surface area contributed by atoms with Crippen molar-refractivity contribution in [3.8, 4) is 0 Å². The fourth-order valence-corrected chi connectivity index (χ4v) is 4.42.